The van der Waals surface area contributed by atoms with Crippen LogP contribution in [-0.4, -0.2) is 5.91 Å². The first kappa shape index (κ1) is 15.8. The number of carbonyl (C=O) groups is 1. The molecule has 0 saturated heterocycles. The minimum absolute atomic E-state index is 0.284. The topological polar surface area (TPSA) is 64.3 Å². The number of carbonyl (C=O) groups excluding carboxylic acids is 1. The number of amides is 1. The first-order valence-corrected chi connectivity index (χ1v) is 7.61. The molecule has 21 heavy (non-hydrogen) atoms. The number of benzene rings is 1. The number of aryl methyl sites for hydroxylation is 3. The summed E-state index contributed by atoms with van der Waals surface area (Å²) < 4.78 is 5.90. The second-order valence-electron chi connectivity index (χ2n) is 4.82. The zero-order valence-electron chi connectivity index (χ0n) is 12.1. The molecule has 6 heteroatoms. The lowest BCUT2D eigenvalue weighted by Crippen LogP contribution is -2.29. The summed E-state index contributed by atoms with van der Waals surface area (Å²) >= 11 is 7.41. The van der Waals surface area contributed by atoms with Crippen LogP contribution in [0, 0.1) is 20.8 Å². The smallest absolute Gasteiger partial charge is 0.275 e. The predicted molar refractivity (Wildman–Crippen MR) is 86.0 cm³/mol. The van der Waals surface area contributed by atoms with Crippen LogP contribution in [0.5, 0.6) is 5.75 Å². The Morgan fingerprint density at radius 3 is 2.48 bits per heavy atom. The molecule has 0 aliphatic carbocycles. The van der Waals surface area contributed by atoms with E-state index in [1.807, 2.05) is 39.0 Å². The van der Waals surface area contributed by atoms with Gasteiger partial charge in [-0.3, -0.25) is 10.2 Å². The highest BCUT2D eigenvalue weighted by Gasteiger charge is 2.13. The maximum absolute atomic E-state index is 11.5. The molecule has 3 N–H and O–H groups in total. The van der Waals surface area contributed by atoms with Crippen molar-refractivity contribution in [3.63, 3.8) is 0 Å². The van der Waals surface area contributed by atoms with Crippen LogP contribution < -0.4 is 16.0 Å². The van der Waals surface area contributed by atoms with Crippen LogP contribution in [0.4, 0.5) is 0 Å². The van der Waals surface area contributed by atoms with Crippen LogP contribution in [0.15, 0.2) is 18.2 Å². The van der Waals surface area contributed by atoms with Crippen molar-refractivity contribution in [2.45, 2.75) is 27.4 Å². The summed E-state index contributed by atoms with van der Waals surface area (Å²) in [5.41, 5.74) is 5.10. The molecule has 2 rings (SSSR count). The highest BCUT2D eigenvalue weighted by molar-refractivity contribution is 7.14. The predicted octanol–water partition coefficient (Wildman–Crippen LogP) is 3.51. The molecule has 1 amide bonds. The molecule has 0 fully saturated rings. The van der Waals surface area contributed by atoms with E-state index in [0.717, 1.165) is 27.3 Å². The Balaban J connectivity index is 2.17. The van der Waals surface area contributed by atoms with Gasteiger partial charge in [-0.05, 0) is 50.1 Å². The largest absolute Gasteiger partial charge is 0.488 e. The summed E-state index contributed by atoms with van der Waals surface area (Å²) in [5, 5.41) is 0.700. The number of ether oxygens (including phenoxy) is 1. The van der Waals surface area contributed by atoms with Gasteiger partial charge in [-0.1, -0.05) is 11.6 Å². The summed E-state index contributed by atoms with van der Waals surface area (Å²) in [7, 11) is 0. The second-order valence-corrected chi connectivity index (χ2v) is 6.52. The molecule has 0 saturated carbocycles. The Morgan fingerprint density at radius 2 is 1.90 bits per heavy atom. The van der Waals surface area contributed by atoms with Crippen molar-refractivity contribution in [2.24, 2.45) is 5.84 Å². The van der Waals surface area contributed by atoms with Crippen molar-refractivity contribution in [1.82, 2.24) is 5.43 Å². The van der Waals surface area contributed by atoms with Gasteiger partial charge in [0.05, 0.1) is 4.88 Å². The minimum Gasteiger partial charge on any atom is -0.488 e. The third-order valence-corrected chi connectivity index (χ3v) is 4.48. The fraction of sp³-hybridized carbons (Fsp3) is 0.267. The van der Waals surface area contributed by atoms with E-state index in [1.165, 1.54) is 11.3 Å². The zero-order valence-corrected chi connectivity index (χ0v) is 13.7. The van der Waals surface area contributed by atoms with E-state index in [-0.39, 0.29) is 5.91 Å². The molecular formula is C15H17ClN2O2S. The van der Waals surface area contributed by atoms with Crippen molar-refractivity contribution in [2.75, 3.05) is 0 Å². The molecule has 112 valence electrons. The normalized spacial score (nSPS) is 10.5. The lowest BCUT2D eigenvalue weighted by atomic mass is 10.1. The van der Waals surface area contributed by atoms with E-state index in [1.54, 1.807) is 0 Å². The quantitative estimate of drug-likeness (QED) is 0.514. The molecule has 0 atom stereocenters. The Kier molecular flexibility index (Phi) is 4.88. The standard InChI is InChI=1S/C15H17ClN2O2S/c1-8-4-12(16)5-9(2)14(8)20-7-11-6-13(15(19)18-17)21-10(11)3/h4-6H,7,17H2,1-3H3,(H,18,19). The van der Waals surface area contributed by atoms with Crippen LogP contribution in [0.2, 0.25) is 5.02 Å². The molecular weight excluding hydrogens is 308 g/mol. The highest BCUT2D eigenvalue weighted by Crippen LogP contribution is 2.29. The third-order valence-electron chi connectivity index (χ3n) is 3.17. The van der Waals surface area contributed by atoms with Crippen molar-refractivity contribution in [3.8, 4) is 5.75 Å². The van der Waals surface area contributed by atoms with Gasteiger partial charge in [0.1, 0.15) is 12.4 Å². The fourth-order valence-electron chi connectivity index (χ4n) is 2.12. The van der Waals surface area contributed by atoms with Gasteiger partial charge < -0.3 is 4.74 Å². The van der Waals surface area contributed by atoms with Gasteiger partial charge >= 0.3 is 0 Å². The van der Waals surface area contributed by atoms with E-state index in [0.29, 0.717) is 16.5 Å². The average Bonchev–Trinajstić information content (AvgIpc) is 2.78. The van der Waals surface area contributed by atoms with Gasteiger partial charge in [0.2, 0.25) is 0 Å². The Labute approximate surface area is 132 Å². The van der Waals surface area contributed by atoms with Crippen LogP contribution in [0.3, 0.4) is 0 Å². The van der Waals surface area contributed by atoms with Crippen LogP contribution in [-0.2, 0) is 6.61 Å². The number of nitrogen functional groups attached to an aromatic ring is 1. The summed E-state index contributed by atoms with van der Waals surface area (Å²) in [6.45, 7) is 6.28. The molecule has 4 nitrogen and oxygen atoms in total. The Bertz CT molecular complexity index is 659. The molecule has 1 aromatic carbocycles. The first-order chi connectivity index (χ1) is 9.92. The Morgan fingerprint density at radius 1 is 1.29 bits per heavy atom. The molecule has 1 aromatic heterocycles. The van der Waals surface area contributed by atoms with Crippen LogP contribution >= 0.6 is 22.9 Å². The SMILES string of the molecule is Cc1cc(Cl)cc(C)c1OCc1cc(C(=O)NN)sc1C. The van der Waals surface area contributed by atoms with Crippen LogP contribution in [0.1, 0.15) is 31.2 Å². The molecule has 2 aromatic rings. The second kappa shape index (κ2) is 6.47. The average molecular weight is 325 g/mol. The lowest BCUT2D eigenvalue weighted by molar-refractivity contribution is 0.0957. The first-order valence-electron chi connectivity index (χ1n) is 6.42. The molecule has 0 unspecified atom stereocenters. The van der Waals surface area contributed by atoms with E-state index < -0.39 is 0 Å². The maximum Gasteiger partial charge on any atom is 0.275 e. The van der Waals surface area contributed by atoms with E-state index in [9.17, 15) is 4.79 Å². The maximum atomic E-state index is 11.5. The van der Waals surface area contributed by atoms with Gasteiger partial charge in [0.25, 0.3) is 5.91 Å². The zero-order chi connectivity index (χ0) is 15.6. The molecule has 0 aliphatic rings. The number of nitrogens with two attached hydrogens (primary N) is 1. The number of nitrogens with one attached hydrogen (secondary N) is 1. The highest BCUT2D eigenvalue weighted by atomic mass is 35.5. The number of rotatable bonds is 4. The van der Waals surface area contributed by atoms with Gasteiger partial charge in [-0.25, -0.2) is 5.84 Å². The summed E-state index contributed by atoms with van der Waals surface area (Å²) in [6, 6.07) is 5.55. The monoisotopic (exact) mass is 324 g/mol. The van der Waals surface area contributed by atoms with E-state index >= 15 is 0 Å². The van der Waals surface area contributed by atoms with Crippen molar-refractivity contribution in [3.05, 3.63) is 49.7 Å². The van der Waals surface area contributed by atoms with Gasteiger partial charge in [-0.2, -0.15) is 0 Å². The van der Waals surface area contributed by atoms with Gasteiger partial charge in [-0.15, -0.1) is 11.3 Å². The minimum atomic E-state index is -0.284. The molecule has 0 radical (unpaired) electrons. The number of hydrazine groups is 1. The third kappa shape index (κ3) is 3.56. The summed E-state index contributed by atoms with van der Waals surface area (Å²) in [5.74, 6) is 5.69. The molecule has 0 aliphatic heterocycles. The van der Waals surface area contributed by atoms with Gasteiger partial charge in [0.15, 0.2) is 0 Å². The number of hydrogen-bond donors (Lipinski definition) is 2. The van der Waals surface area contributed by atoms with Crippen molar-refractivity contribution in [1.29, 1.82) is 0 Å². The van der Waals surface area contributed by atoms with E-state index in [4.69, 9.17) is 22.2 Å². The number of thiophene rings is 1. The van der Waals surface area contributed by atoms with E-state index in [2.05, 4.69) is 5.43 Å². The summed E-state index contributed by atoms with van der Waals surface area (Å²) in [4.78, 5) is 13.1. The van der Waals surface area contributed by atoms with Crippen molar-refractivity contribution < 1.29 is 9.53 Å². The van der Waals surface area contributed by atoms with Gasteiger partial charge in [0, 0.05) is 15.5 Å². The molecule has 0 spiro atoms. The number of hydrogen-bond acceptors (Lipinski definition) is 4. The molecule has 1 heterocycles. The van der Waals surface area contributed by atoms with Crippen LogP contribution in [0.25, 0.3) is 0 Å². The molecule has 0 bridgehead atoms. The fourth-order valence-corrected chi connectivity index (χ4v) is 3.38. The Hall–Kier alpha value is -1.56. The number of halogens is 1. The summed E-state index contributed by atoms with van der Waals surface area (Å²) in [6.07, 6.45) is 0. The lowest BCUT2D eigenvalue weighted by Gasteiger charge is -2.12. The van der Waals surface area contributed by atoms with Crippen molar-refractivity contribution >= 4 is 28.8 Å².